The lowest BCUT2D eigenvalue weighted by Crippen LogP contribution is -2.23. The summed E-state index contributed by atoms with van der Waals surface area (Å²) in [6.07, 6.45) is 1.55. The van der Waals surface area contributed by atoms with Crippen molar-refractivity contribution in [2.75, 3.05) is 19.8 Å². The molecule has 0 aliphatic heterocycles. The standard InChI is InChI=1S/C13H15N9O2S/c1-21(2)7-9-10(13(23)17-15-6-8-4-3-5-25-8)16-20-22(9)12-11(14)18-24-19-12/h3-6H,7H2,1-2H3,(H2,14,18)(H,17,23)/b15-6+. The van der Waals surface area contributed by atoms with E-state index in [1.165, 1.54) is 16.0 Å². The molecule has 0 saturated heterocycles. The zero-order valence-corrected chi connectivity index (χ0v) is 14.3. The quantitative estimate of drug-likeness (QED) is 0.466. The van der Waals surface area contributed by atoms with Crippen LogP contribution in [-0.4, -0.2) is 56.4 Å². The highest BCUT2D eigenvalue weighted by molar-refractivity contribution is 7.11. The first-order valence-electron chi connectivity index (χ1n) is 7.11. The fourth-order valence-corrected chi connectivity index (χ4v) is 2.58. The lowest BCUT2D eigenvalue weighted by molar-refractivity contribution is 0.0948. The molecule has 0 aromatic carbocycles. The van der Waals surface area contributed by atoms with Crippen LogP contribution in [0.1, 0.15) is 21.1 Å². The first-order chi connectivity index (χ1) is 12.1. The Morgan fingerprint density at radius 1 is 1.52 bits per heavy atom. The Bertz CT molecular complexity index is 881. The van der Waals surface area contributed by atoms with Crippen LogP contribution in [-0.2, 0) is 6.54 Å². The van der Waals surface area contributed by atoms with Crippen molar-refractivity contribution in [1.29, 1.82) is 0 Å². The minimum absolute atomic E-state index is 0.0487. The van der Waals surface area contributed by atoms with Gasteiger partial charge in [0.25, 0.3) is 5.91 Å². The number of thiophene rings is 1. The Morgan fingerprint density at radius 3 is 3.00 bits per heavy atom. The van der Waals surface area contributed by atoms with Crippen molar-refractivity contribution in [1.82, 2.24) is 35.6 Å². The molecule has 12 heteroatoms. The van der Waals surface area contributed by atoms with E-state index >= 15 is 0 Å². The van der Waals surface area contributed by atoms with Gasteiger partial charge in [-0.25, -0.2) is 10.1 Å². The number of rotatable bonds is 6. The van der Waals surface area contributed by atoms with Crippen LogP contribution in [0.3, 0.4) is 0 Å². The van der Waals surface area contributed by atoms with Crippen molar-refractivity contribution in [3.63, 3.8) is 0 Å². The first kappa shape index (κ1) is 16.7. The molecule has 3 N–H and O–H groups in total. The van der Waals surface area contributed by atoms with E-state index < -0.39 is 5.91 Å². The fraction of sp³-hybridized carbons (Fsp3) is 0.231. The Labute approximate surface area is 146 Å². The monoisotopic (exact) mass is 361 g/mol. The van der Waals surface area contributed by atoms with Gasteiger partial charge in [-0.05, 0) is 35.9 Å². The maximum Gasteiger partial charge on any atom is 0.293 e. The van der Waals surface area contributed by atoms with E-state index in [1.807, 2.05) is 36.5 Å². The van der Waals surface area contributed by atoms with Crippen LogP contribution in [0.2, 0.25) is 0 Å². The van der Waals surface area contributed by atoms with E-state index in [2.05, 4.69) is 35.8 Å². The fourth-order valence-electron chi connectivity index (χ4n) is 2.00. The lowest BCUT2D eigenvalue weighted by atomic mass is 10.3. The van der Waals surface area contributed by atoms with Crippen molar-refractivity contribution < 1.29 is 9.42 Å². The average molecular weight is 361 g/mol. The third kappa shape index (κ3) is 3.70. The van der Waals surface area contributed by atoms with Gasteiger partial charge < -0.3 is 10.6 Å². The van der Waals surface area contributed by atoms with E-state index in [4.69, 9.17) is 5.73 Å². The van der Waals surface area contributed by atoms with E-state index in [9.17, 15) is 4.79 Å². The second-order valence-electron chi connectivity index (χ2n) is 5.22. The molecule has 130 valence electrons. The third-order valence-electron chi connectivity index (χ3n) is 3.04. The van der Waals surface area contributed by atoms with Crippen LogP contribution in [0.5, 0.6) is 0 Å². The van der Waals surface area contributed by atoms with Gasteiger partial charge in [0.2, 0.25) is 11.6 Å². The summed E-state index contributed by atoms with van der Waals surface area (Å²) in [6.45, 7) is 0.372. The molecule has 1 amide bonds. The summed E-state index contributed by atoms with van der Waals surface area (Å²) in [6, 6.07) is 3.78. The number of anilines is 1. The van der Waals surface area contributed by atoms with Gasteiger partial charge in [-0.1, -0.05) is 11.3 Å². The predicted molar refractivity (Wildman–Crippen MR) is 90.4 cm³/mol. The predicted octanol–water partition coefficient (Wildman–Crippen LogP) is 0.119. The minimum atomic E-state index is -0.495. The van der Waals surface area contributed by atoms with Crippen LogP contribution in [0.15, 0.2) is 27.2 Å². The molecule has 0 aliphatic rings. The topological polar surface area (TPSA) is 140 Å². The Kier molecular flexibility index (Phi) is 4.81. The maximum absolute atomic E-state index is 12.4. The number of carbonyl (C=O) groups is 1. The smallest absolute Gasteiger partial charge is 0.293 e. The number of hydrogen-bond donors (Lipinski definition) is 2. The van der Waals surface area contributed by atoms with Crippen LogP contribution >= 0.6 is 11.3 Å². The van der Waals surface area contributed by atoms with E-state index in [0.29, 0.717) is 12.2 Å². The zero-order valence-electron chi connectivity index (χ0n) is 13.4. The molecule has 11 nitrogen and oxygen atoms in total. The largest absolute Gasteiger partial charge is 0.378 e. The summed E-state index contributed by atoms with van der Waals surface area (Å²) in [4.78, 5) is 15.2. The normalized spacial score (nSPS) is 11.5. The van der Waals surface area contributed by atoms with Gasteiger partial charge in [-0.15, -0.1) is 16.4 Å². The van der Waals surface area contributed by atoms with Crippen LogP contribution in [0, 0.1) is 0 Å². The van der Waals surface area contributed by atoms with E-state index in [-0.39, 0.29) is 17.3 Å². The Balaban J connectivity index is 1.86. The summed E-state index contributed by atoms with van der Waals surface area (Å²) in [5, 5.41) is 20.9. The second kappa shape index (κ2) is 7.19. The second-order valence-corrected chi connectivity index (χ2v) is 6.20. The number of nitrogens with one attached hydrogen (secondary N) is 1. The molecule has 0 radical (unpaired) electrons. The first-order valence-corrected chi connectivity index (χ1v) is 7.99. The van der Waals surface area contributed by atoms with Crippen molar-refractivity contribution in [2.24, 2.45) is 5.10 Å². The van der Waals surface area contributed by atoms with Crippen molar-refractivity contribution in [2.45, 2.75) is 6.54 Å². The molecule has 3 heterocycles. The highest BCUT2D eigenvalue weighted by Crippen LogP contribution is 2.16. The lowest BCUT2D eigenvalue weighted by Gasteiger charge is -2.10. The number of hydrazone groups is 1. The van der Waals surface area contributed by atoms with Crippen molar-refractivity contribution in [3.8, 4) is 5.82 Å². The zero-order chi connectivity index (χ0) is 17.8. The van der Waals surface area contributed by atoms with Gasteiger partial charge in [0.1, 0.15) is 0 Å². The number of nitrogens with two attached hydrogens (primary N) is 1. The van der Waals surface area contributed by atoms with Crippen LogP contribution in [0.25, 0.3) is 5.82 Å². The van der Waals surface area contributed by atoms with Crippen molar-refractivity contribution >= 4 is 29.3 Å². The summed E-state index contributed by atoms with van der Waals surface area (Å²) >= 11 is 1.51. The number of aromatic nitrogens is 5. The molecular formula is C13H15N9O2S. The number of hydrogen-bond acceptors (Lipinski definition) is 10. The molecule has 0 atom stereocenters. The number of carbonyl (C=O) groups excluding carboxylic acids is 1. The van der Waals surface area contributed by atoms with E-state index in [0.717, 1.165) is 4.88 Å². The van der Waals surface area contributed by atoms with E-state index in [1.54, 1.807) is 6.21 Å². The molecule has 0 spiro atoms. The molecule has 3 rings (SSSR count). The molecule has 0 saturated carbocycles. The van der Waals surface area contributed by atoms with Crippen LogP contribution < -0.4 is 11.2 Å². The summed E-state index contributed by atoms with van der Waals surface area (Å²) in [5.41, 5.74) is 8.73. The molecule has 0 aliphatic carbocycles. The maximum atomic E-state index is 12.4. The van der Waals surface area contributed by atoms with Gasteiger partial charge >= 0.3 is 0 Å². The molecule has 25 heavy (non-hydrogen) atoms. The molecular weight excluding hydrogens is 346 g/mol. The third-order valence-corrected chi connectivity index (χ3v) is 3.85. The SMILES string of the molecule is CN(C)Cc1c(C(=O)N/N=C/c2cccs2)nnn1-c1nonc1N. The number of nitrogen functional groups attached to an aromatic ring is 1. The highest BCUT2D eigenvalue weighted by Gasteiger charge is 2.24. The Hall–Kier alpha value is -3.12. The van der Waals surface area contributed by atoms with Gasteiger partial charge in [-0.2, -0.15) is 9.78 Å². The highest BCUT2D eigenvalue weighted by atomic mass is 32.1. The van der Waals surface area contributed by atoms with Gasteiger partial charge in [0, 0.05) is 11.4 Å². The minimum Gasteiger partial charge on any atom is -0.378 e. The molecule has 3 aromatic rings. The van der Waals surface area contributed by atoms with Crippen molar-refractivity contribution in [3.05, 3.63) is 33.8 Å². The molecule has 0 bridgehead atoms. The van der Waals surface area contributed by atoms with Gasteiger partial charge in [-0.3, -0.25) is 4.79 Å². The number of amides is 1. The molecule has 3 aromatic heterocycles. The average Bonchev–Trinajstić information content (AvgIpc) is 3.28. The van der Waals surface area contributed by atoms with Gasteiger partial charge in [0.15, 0.2) is 5.69 Å². The van der Waals surface area contributed by atoms with Crippen LogP contribution in [0.4, 0.5) is 5.82 Å². The Morgan fingerprint density at radius 2 is 2.36 bits per heavy atom. The molecule has 0 fully saturated rings. The van der Waals surface area contributed by atoms with Gasteiger partial charge in [0.05, 0.1) is 11.9 Å². The summed E-state index contributed by atoms with van der Waals surface area (Å²) in [5.74, 6) is -0.274. The summed E-state index contributed by atoms with van der Waals surface area (Å²) in [7, 11) is 3.69. The molecule has 0 unspecified atom stereocenters. The number of nitrogens with zero attached hydrogens (tertiary/aromatic N) is 7. The summed E-state index contributed by atoms with van der Waals surface area (Å²) < 4.78 is 5.91.